The molecule has 3 aromatic rings. The average molecular weight is 399 g/mol. The molecule has 0 radical (unpaired) electrons. The van der Waals surface area contributed by atoms with Gasteiger partial charge in [-0.25, -0.2) is 9.50 Å². The molecule has 2 aromatic heterocycles. The standard InChI is InChI=1S/C22H27ClN4O/c1-4-5-6-7-11-24-22(28)20-14-25-27-16(3)19(15(2)26-21(20)27)13-17-9-8-10-18(23)12-17/h8-10,12,14H,4-7,11,13H2,1-3H3,(H,24,28). The van der Waals surface area contributed by atoms with Crippen LogP contribution in [-0.2, 0) is 6.42 Å². The SMILES string of the molecule is CCCCCCNC(=O)c1cnn2c(C)c(Cc3cccc(Cl)c3)c(C)nc12. The van der Waals surface area contributed by atoms with Gasteiger partial charge in [-0.1, -0.05) is 49.9 Å². The molecule has 0 aliphatic rings. The quantitative estimate of drug-likeness (QED) is 0.549. The molecule has 2 heterocycles. The van der Waals surface area contributed by atoms with Crippen molar-refractivity contribution in [2.45, 2.75) is 52.9 Å². The van der Waals surface area contributed by atoms with Crippen LogP contribution in [0.25, 0.3) is 5.65 Å². The number of nitrogens with one attached hydrogen (secondary N) is 1. The van der Waals surface area contributed by atoms with E-state index in [9.17, 15) is 4.79 Å². The van der Waals surface area contributed by atoms with Gasteiger partial charge in [-0.05, 0) is 43.5 Å². The maximum atomic E-state index is 12.6. The van der Waals surface area contributed by atoms with E-state index in [4.69, 9.17) is 16.6 Å². The minimum absolute atomic E-state index is 0.111. The first kappa shape index (κ1) is 20.3. The molecule has 0 spiro atoms. The monoisotopic (exact) mass is 398 g/mol. The van der Waals surface area contributed by atoms with Crippen LogP contribution >= 0.6 is 11.6 Å². The van der Waals surface area contributed by atoms with Crippen LogP contribution in [0.4, 0.5) is 0 Å². The molecule has 0 saturated heterocycles. The van der Waals surface area contributed by atoms with Gasteiger partial charge in [-0.2, -0.15) is 5.10 Å². The second-order valence-corrected chi connectivity index (χ2v) is 7.61. The number of unbranched alkanes of at least 4 members (excludes halogenated alkanes) is 3. The number of rotatable bonds is 8. The Morgan fingerprint density at radius 1 is 1.21 bits per heavy atom. The van der Waals surface area contributed by atoms with Gasteiger partial charge in [0.2, 0.25) is 0 Å². The predicted octanol–water partition coefficient (Wildman–Crippen LogP) is 4.90. The molecular formula is C22H27ClN4O. The Labute approximate surface area is 171 Å². The number of amides is 1. The largest absolute Gasteiger partial charge is 0.352 e. The number of fused-ring (bicyclic) bond motifs is 1. The van der Waals surface area contributed by atoms with Crippen molar-refractivity contribution in [2.75, 3.05) is 6.54 Å². The zero-order valence-electron chi connectivity index (χ0n) is 16.8. The van der Waals surface area contributed by atoms with Crippen LogP contribution in [0.1, 0.15) is 65.5 Å². The molecule has 0 bridgehead atoms. The highest BCUT2D eigenvalue weighted by molar-refractivity contribution is 6.30. The Morgan fingerprint density at radius 2 is 2.04 bits per heavy atom. The zero-order chi connectivity index (χ0) is 20.1. The van der Waals surface area contributed by atoms with E-state index in [1.165, 1.54) is 12.8 Å². The van der Waals surface area contributed by atoms with Crippen molar-refractivity contribution in [2.24, 2.45) is 0 Å². The molecule has 148 valence electrons. The summed E-state index contributed by atoms with van der Waals surface area (Å²) in [5.41, 5.74) is 5.25. The van der Waals surface area contributed by atoms with Crippen LogP contribution in [0.5, 0.6) is 0 Å². The van der Waals surface area contributed by atoms with Crippen molar-refractivity contribution in [3.8, 4) is 0 Å². The van der Waals surface area contributed by atoms with Crippen molar-refractivity contribution in [1.82, 2.24) is 19.9 Å². The fourth-order valence-corrected chi connectivity index (χ4v) is 3.64. The van der Waals surface area contributed by atoms with Crippen LogP contribution in [-0.4, -0.2) is 27.0 Å². The molecule has 28 heavy (non-hydrogen) atoms. The van der Waals surface area contributed by atoms with Crippen molar-refractivity contribution < 1.29 is 4.79 Å². The predicted molar refractivity (Wildman–Crippen MR) is 113 cm³/mol. The van der Waals surface area contributed by atoms with Crippen LogP contribution in [0.2, 0.25) is 5.02 Å². The fourth-order valence-electron chi connectivity index (χ4n) is 3.43. The molecule has 5 nitrogen and oxygen atoms in total. The Bertz CT molecular complexity index is 980. The Kier molecular flexibility index (Phi) is 6.68. The van der Waals surface area contributed by atoms with E-state index in [0.29, 0.717) is 17.8 Å². The van der Waals surface area contributed by atoms with Crippen molar-refractivity contribution >= 4 is 23.2 Å². The highest BCUT2D eigenvalue weighted by atomic mass is 35.5. The molecule has 1 N–H and O–H groups in total. The highest BCUT2D eigenvalue weighted by Gasteiger charge is 2.18. The Balaban J connectivity index is 1.82. The minimum atomic E-state index is -0.111. The van der Waals surface area contributed by atoms with E-state index in [-0.39, 0.29) is 5.91 Å². The average Bonchev–Trinajstić information content (AvgIpc) is 3.09. The molecule has 3 rings (SSSR count). The lowest BCUT2D eigenvalue weighted by molar-refractivity contribution is 0.0954. The minimum Gasteiger partial charge on any atom is -0.352 e. The number of aryl methyl sites for hydroxylation is 2. The lowest BCUT2D eigenvalue weighted by Gasteiger charge is -2.12. The van der Waals surface area contributed by atoms with Gasteiger partial charge in [0.15, 0.2) is 5.65 Å². The number of benzene rings is 1. The summed E-state index contributed by atoms with van der Waals surface area (Å²) in [7, 11) is 0. The van der Waals surface area contributed by atoms with Crippen molar-refractivity contribution in [3.05, 3.63) is 63.6 Å². The zero-order valence-corrected chi connectivity index (χ0v) is 17.5. The maximum absolute atomic E-state index is 12.6. The van der Waals surface area contributed by atoms with Gasteiger partial charge in [-0.15, -0.1) is 0 Å². The second-order valence-electron chi connectivity index (χ2n) is 7.18. The smallest absolute Gasteiger partial charge is 0.256 e. The third-order valence-electron chi connectivity index (χ3n) is 5.04. The molecule has 6 heteroatoms. The van der Waals surface area contributed by atoms with Gasteiger partial charge in [0.1, 0.15) is 5.56 Å². The summed E-state index contributed by atoms with van der Waals surface area (Å²) in [5, 5.41) is 8.14. The molecule has 0 fully saturated rings. The Morgan fingerprint density at radius 3 is 2.79 bits per heavy atom. The summed E-state index contributed by atoms with van der Waals surface area (Å²) >= 11 is 6.12. The van der Waals surface area contributed by atoms with Crippen LogP contribution < -0.4 is 5.32 Å². The van der Waals surface area contributed by atoms with Crippen molar-refractivity contribution in [1.29, 1.82) is 0 Å². The normalized spacial score (nSPS) is 11.1. The summed E-state index contributed by atoms with van der Waals surface area (Å²) in [4.78, 5) is 17.3. The molecule has 0 unspecified atom stereocenters. The number of aromatic nitrogens is 3. The molecule has 0 saturated carbocycles. The van der Waals surface area contributed by atoms with Gasteiger partial charge in [0.25, 0.3) is 5.91 Å². The van der Waals surface area contributed by atoms with E-state index in [0.717, 1.165) is 46.8 Å². The second kappa shape index (κ2) is 9.20. The van der Waals surface area contributed by atoms with E-state index in [2.05, 4.69) is 23.4 Å². The fraction of sp³-hybridized carbons (Fsp3) is 0.409. The summed E-state index contributed by atoms with van der Waals surface area (Å²) in [6.07, 6.45) is 6.84. The summed E-state index contributed by atoms with van der Waals surface area (Å²) in [6, 6.07) is 7.83. The molecule has 0 atom stereocenters. The number of carbonyl (C=O) groups excluding carboxylic acids is 1. The highest BCUT2D eigenvalue weighted by Crippen LogP contribution is 2.21. The van der Waals surface area contributed by atoms with Gasteiger partial charge in [0.05, 0.1) is 6.20 Å². The van der Waals surface area contributed by atoms with E-state index >= 15 is 0 Å². The Hall–Kier alpha value is -2.40. The third-order valence-corrected chi connectivity index (χ3v) is 5.27. The summed E-state index contributed by atoms with van der Waals surface area (Å²) in [5.74, 6) is -0.111. The van der Waals surface area contributed by atoms with E-state index < -0.39 is 0 Å². The summed E-state index contributed by atoms with van der Waals surface area (Å²) < 4.78 is 1.76. The number of halogens is 1. The van der Waals surface area contributed by atoms with Crippen LogP contribution in [0, 0.1) is 13.8 Å². The topological polar surface area (TPSA) is 59.3 Å². The molecule has 1 amide bonds. The molecule has 1 aromatic carbocycles. The number of nitrogens with zero attached hydrogens (tertiary/aromatic N) is 3. The van der Waals surface area contributed by atoms with Gasteiger partial charge < -0.3 is 5.32 Å². The summed E-state index contributed by atoms with van der Waals surface area (Å²) in [6.45, 7) is 6.85. The molecule has 0 aliphatic heterocycles. The molecule has 0 aliphatic carbocycles. The van der Waals surface area contributed by atoms with Crippen LogP contribution in [0.15, 0.2) is 30.5 Å². The number of carbonyl (C=O) groups is 1. The number of hydrogen-bond donors (Lipinski definition) is 1. The van der Waals surface area contributed by atoms with Gasteiger partial charge >= 0.3 is 0 Å². The van der Waals surface area contributed by atoms with Gasteiger partial charge in [0, 0.05) is 29.4 Å². The van der Waals surface area contributed by atoms with Gasteiger partial charge in [-0.3, -0.25) is 4.79 Å². The maximum Gasteiger partial charge on any atom is 0.256 e. The third kappa shape index (κ3) is 4.53. The van der Waals surface area contributed by atoms with Crippen molar-refractivity contribution in [3.63, 3.8) is 0 Å². The number of hydrogen-bond acceptors (Lipinski definition) is 3. The van der Waals surface area contributed by atoms with E-state index in [1.54, 1.807) is 10.7 Å². The first-order valence-electron chi connectivity index (χ1n) is 9.87. The first-order valence-corrected chi connectivity index (χ1v) is 10.3. The lowest BCUT2D eigenvalue weighted by Crippen LogP contribution is -2.24. The molecular weight excluding hydrogens is 372 g/mol. The van der Waals surface area contributed by atoms with Crippen LogP contribution in [0.3, 0.4) is 0 Å². The lowest BCUT2D eigenvalue weighted by atomic mass is 10.0. The first-order chi connectivity index (χ1) is 13.5. The van der Waals surface area contributed by atoms with E-state index in [1.807, 2.05) is 32.0 Å².